The fourth-order valence-corrected chi connectivity index (χ4v) is 1.87. The largest absolute Gasteiger partial charge is 0.460 e. The number of esters is 2. The molecule has 22 heavy (non-hydrogen) atoms. The number of allylic oxidation sites excluding steroid dienone is 1. The van der Waals surface area contributed by atoms with Crippen LogP contribution in [0.2, 0.25) is 0 Å². The summed E-state index contributed by atoms with van der Waals surface area (Å²) in [4.78, 5) is 34.6. The first-order chi connectivity index (χ1) is 10.4. The molecule has 0 bridgehead atoms. The van der Waals surface area contributed by atoms with Crippen LogP contribution in [0.5, 0.6) is 0 Å². The number of cyclic esters (lactones) is 2. The average molecular weight is 310 g/mol. The van der Waals surface area contributed by atoms with Gasteiger partial charge in [0.25, 0.3) is 0 Å². The Morgan fingerprint density at radius 2 is 1.50 bits per heavy atom. The molecule has 0 radical (unpaired) electrons. The number of aliphatic hydroxyl groups is 1. The zero-order valence-corrected chi connectivity index (χ0v) is 12.9. The Labute approximate surface area is 129 Å². The SMILES string of the molecule is C[C@@H]1CCC(=O)/C=C/C(=O)O[C@H](C)CC[C@H](O)/C=C/C(=O)O1. The third kappa shape index (κ3) is 7.73. The van der Waals surface area contributed by atoms with Crippen molar-refractivity contribution in [1.29, 1.82) is 0 Å². The smallest absolute Gasteiger partial charge is 0.331 e. The van der Waals surface area contributed by atoms with Crippen molar-refractivity contribution in [3.8, 4) is 0 Å². The zero-order chi connectivity index (χ0) is 16.5. The minimum absolute atomic E-state index is 0.167. The summed E-state index contributed by atoms with van der Waals surface area (Å²) in [5.74, 6) is -1.37. The molecule has 0 aliphatic carbocycles. The molecule has 1 rings (SSSR count). The third-order valence-electron chi connectivity index (χ3n) is 3.16. The van der Waals surface area contributed by atoms with Crippen molar-refractivity contribution in [3.63, 3.8) is 0 Å². The first-order valence-corrected chi connectivity index (χ1v) is 7.35. The molecule has 0 amide bonds. The first-order valence-electron chi connectivity index (χ1n) is 7.35. The van der Waals surface area contributed by atoms with Crippen molar-refractivity contribution in [1.82, 2.24) is 0 Å². The van der Waals surface area contributed by atoms with E-state index in [1.54, 1.807) is 13.8 Å². The van der Waals surface area contributed by atoms with Crippen molar-refractivity contribution in [3.05, 3.63) is 24.3 Å². The Bertz CT molecular complexity index is 465. The van der Waals surface area contributed by atoms with Crippen molar-refractivity contribution in [2.45, 2.75) is 57.8 Å². The molecule has 6 nitrogen and oxygen atoms in total. The van der Waals surface area contributed by atoms with Crippen molar-refractivity contribution >= 4 is 17.7 Å². The topological polar surface area (TPSA) is 89.9 Å². The Kier molecular flexibility index (Phi) is 7.52. The standard InChI is InChI=1S/C16H22O6/c1-11-3-5-13(17)8-10-16(20)22-12(2)4-6-14(18)7-9-15(19)21-11/h7-13,17H,3-6H2,1-2H3/b9-7+,10-8+/t11-,12-,13+/m1/s1. The monoisotopic (exact) mass is 310 g/mol. The van der Waals surface area contributed by atoms with Crippen LogP contribution in [0.25, 0.3) is 0 Å². The van der Waals surface area contributed by atoms with Gasteiger partial charge in [-0.05, 0) is 45.3 Å². The van der Waals surface area contributed by atoms with Crippen LogP contribution in [-0.2, 0) is 23.9 Å². The molecule has 0 saturated heterocycles. The van der Waals surface area contributed by atoms with E-state index in [-0.39, 0.29) is 12.2 Å². The van der Waals surface area contributed by atoms with Gasteiger partial charge in [0.15, 0.2) is 5.78 Å². The number of ketones is 1. The van der Waals surface area contributed by atoms with E-state index in [9.17, 15) is 19.5 Å². The molecule has 122 valence electrons. The van der Waals surface area contributed by atoms with Crippen LogP contribution in [0.15, 0.2) is 24.3 Å². The fourth-order valence-electron chi connectivity index (χ4n) is 1.87. The number of ether oxygens (including phenoxy) is 2. The third-order valence-corrected chi connectivity index (χ3v) is 3.16. The van der Waals surface area contributed by atoms with Gasteiger partial charge in [0.1, 0.15) is 0 Å². The van der Waals surface area contributed by atoms with Crippen LogP contribution in [0.4, 0.5) is 0 Å². The molecule has 1 N–H and O–H groups in total. The van der Waals surface area contributed by atoms with Gasteiger partial charge in [0.05, 0.1) is 18.3 Å². The Morgan fingerprint density at radius 1 is 0.909 bits per heavy atom. The van der Waals surface area contributed by atoms with Crippen molar-refractivity contribution in [2.24, 2.45) is 0 Å². The molecule has 1 aliphatic heterocycles. The second-order valence-corrected chi connectivity index (χ2v) is 5.34. The molecule has 0 unspecified atom stereocenters. The average Bonchev–Trinajstić information content (AvgIpc) is 2.46. The van der Waals surface area contributed by atoms with Crippen LogP contribution >= 0.6 is 0 Å². The summed E-state index contributed by atoms with van der Waals surface area (Å²) < 4.78 is 10.2. The molecule has 0 aromatic carbocycles. The minimum atomic E-state index is -0.811. The van der Waals surface area contributed by atoms with E-state index < -0.39 is 30.3 Å². The predicted molar refractivity (Wildman–Crippen MR) is 78.9 cm³/mol. The van der Waals surface area contributed by atoms with Gasteiger partial charge in [0.2, 0.25) is 0 Å². The summed E-state index contributed by atoms with van der Waals surface area (Å²) in [7, 11) is 0. The van der Waals surface area contributed by atoms with Crippen molar-refractivity contribution < 1.29 is 29.0 Å². The number of carbonyl (C=O) groups is 3. The lowest BCUT2D eigenvalue weighted by Crippen LogP contribution is -2.17. The highest BCUT2D eigenvalue weighted by Crippen LogP contribution is 2.09. The van der Waals surface area contributed by atoms with Crippen LogP contribution in [0, 0.1) is 0 Å². The lowest BCUT2D eigenvalue weighted by molar-refractivity contribution is -0.143. The molecule has 3 atom stereocenters. The number of hydrogen-bond acceptors (Lipinski definition) is 6. The van der Waals surface area contributed by atoms with Gasteiger partial charge in [-0.1, -0.05) is 0 Å². The molecule has 0 aromatic rings. The zero-order valence-electron chi connectivity index (χ0n) is 12.9. The Morgan fingerprint density at radius 3 is 2.18 bits per heavy atom. The van der Waals surface area contributed by atoms with Gasteiger partial charge in [-0.2, -0.15) is 0 Å². The second kappa shape index (κ2) is 9.15. The van der Waals surface area contributed by atoms with Gasteiger partial charge in [-0.3, -0.25) is 4.79 Å². The summed E-state index contributed by atoms with van der Waals surface area (Å²) in [6.07, 6.45) is 4.46. The number of hydrogen-bond donors (Lipinski definition) is 1. The first kappa shape index (κ1) is 18.1. The molecule has 0 saturated carbocycles. The Hall–Kier alpha value is -1.95. The van der Waals surface area contributed by atoms with Crippen LogP contribution in [0.1, 0.15) is 39.5 Å². The van der Waals surface area contributed by atoms with E-state index in [2.05, 4.69) is 0 Å². The highest BCUT2D eigenvalue weighted by atomic mass is 16.5. The maximum atomic E-state index is 11.6. The summed E-state index contributed by atoms with van der Waals surface area (Å²) >= 11 is 0. The Balaban J connectivity index is 2.72. The number of carbonyl (C=O) groups excluding carboxylic acids is 3. The van der Waals surface area contributed by atoms with E-state index >= 15 is 0 Å². The van der Waals surface area contributed by atoms with E-state index in [4.69, 9.17) is 9.47 Å². The molecule has 0 spiro atoms. The number of aliphatic hydroxyl groups excluding tert-OH is 1. The molecule has 0 fully saturated rings. The van der Waals surface area contributed by atoms with E-state index in [1.165, 1.54) is 18.2 Å². The van der Waals surface area contributed by atoms with Gasteiger partial charge in [-0.15, -0.1) is 0 Å². The fraction of sp³-hybridized carbons (Fsp3) is 0.562. The predicted octanol–water partition coefficient (Wildman–Crippen LogP) is 1.47. The molecule has 0 aromatic heterocycles. The minimum Gasteiger partial charge on any atom is -0.460 e. The van der Waals surface area contributed by atoms with Crippen LogP contribution < -0.4 is 0 Å². The van der Waals surface area contributed by atoms with E-state index in [0.29, 0.717) is 19.3 Å². The lowest BCUT2D eigenvalue weighted by atomic mass is 10.1. The van der Waals surface area contributed by atoms with E-state index in [1.807, 2.05) is 0 Å². The second-order valence-electron chi connectivity index (χ2n) is 5.34. The molecular formula is C16H22O6. The van der Waals surface area contributed by atoms with Crippen molar-refractivity contribution in [2.75, 3.05) is 0 Å². The summed E-state index contributed by atoms with van der Waals surface area (Å²) in [5, 5.41) is 9.73. The maximum Gasteiger partial charge on any atom is 0.331 e. The summed E-state index contributed by atoms with van der Waals surface area (Å²) in [5.41, 5.74) is 0. The van der Waals surface area contributed by atoms with Gasteiger partial charge >= 0.3 is 11.9 Å². The van der Waals surface area contributed by atoms with E-state index in [0.717, 1.165) is 6.08 Å². The lowest BCUT2D eigenvalue weighted by Gasteiger charge is -2.14. The normalized spacial score (nSPS) is 32.0. The molecular weight excluding hydrogens is 288 g/mol. The van der Waals surface area contributed by atoms with Crippen LogP contribution in [0.3, 0.4) is 0 Å². The summed E-state index contributed by atoms with van der Waals surface area (Å²) in [6.45, 7) is 3.38. The van der Waals surface area contributed by atoms with Crippen LogP contribution in [-0.4, -0.2) is 41.1 Å². The summed E-state index contributed by atoms with van der Waals surface area (Å²) in [6, 6.07) is 0. The van der Waals surface area contributed by atoms with Gasteiger partial charge in [0, 0.05) is 18.6 Å². The number of rotatable bonds is 0. The quantitative estimate of drug-likeness (QED) is 0.681. The van der Waals surface area contributed by atoms with Gasteiger partial charge in [-0.25, -0.2) is 9.59 Å². The highest BCUT2D eigenvalue weighted by Gasteiger charge is 2.13. The molecule has 1 aliphatic rings. The molecule has 1 heterocycles. The maximum absolute atomic E-state index is 11.6. The molecule has 6 heteroatoms. The highest BCUT2D eigenvalue weighted by molar-refractivity contribution is 5.95. The van der Waals surface area contributed by atoms with Gasteiger partial charge < -0.3 is 14.6 Å².